The Kier molecular flexibility index (Phi) is 2.78. The number of nitrogens with zero attached hydrogens (tertiary/aromatic N) is 3. The molecule has 0 amide bonds. The molecular weight excluding hydrogens is 198 g/mol. The van der Waals surface area contributed by atoms with Crippen LogP contribution in [0.5, 0.6) is 0 Å². The van der Waals surface area contributed by atoms with Gasteiger partial charge in [0.25, 0.3) is 0 Å². The summed E-state index contributed by atoms with van der Waals surface area (Å²) in [5, 5.41) is 4.76. The van der Waals surface area contributed by atoms with Gasteiger partial charge in [-0.2, -0.15) is 4.98 Å². The maximum atomic E-state index is 4.86. The van der Waals surface area contributed by atoms with Crippen molar-refractivity contribution in [2.24, 2.45) is 0 Å². The van der Waals surface area contributed by atoms with Crippen molar-refractivity contribution in [1.82, 2.24) is 15.1 Å². The van der Waals surface area contributed by atoms with Crippen LogP contribution < -0.4 is 0 Å². The standard InChI is InChI=1S/C9H9N3OS/c1-7-11-8(12-13-7)6-14-9-4-2-3-5-10-9/h2-5H,6H2,1H3. The zero-order valence-corrected chi connectivity index (χ0v) is 8.49. The van der Waals surface area contributed by atoms with E-state index >= 15 is 0 Å². The summed E-state index contributed by atoms with van der Waals surface area (Å²) in [6, 6.07) is 5.80. The van der Waals surface area contributed by atoms with Crippen LogP contribution in [0.15, 0.2) is 33.9 Å². The van der Waals surface area contributed by atoms with Gasteiger partial charge < -0.3 is 4.52 Å². The van der Waals surface area contributed by atoms with E-state index in [2.05, 4.69) is 15.1 Å². The molecule has 0 atom stereocenters. The number of rotatable bonds is 3. The summed E-state index contributed by atoms with van der Waals surface area (Å²) in [5.41, 5.74) is 0. The molecule has 2 rings (SSSR count). The second kappa shape index (κ2) is 4.23. The van der Waals surface area contributed by atoms with Gasteiger partial charge in [-0.15, -0.1) is 0 Å². The molecule has 2 aromatic rings. The number of thioether (sulfide) groups is 1. The lowest BCUT2D eigenvalue weighted by Crippen LogP contribution is -1.84. The SMILES string of the molecule is Cc1nc(CSc2ccccn2)no1. The van der Waals surface area contributed by atoms with Crippen molar-refractivity contribution in [2.75, 3.05) is 0 Å². The van der Waals surface area contributed by atoms with E-state index in [1.807, 2.05) is 18.2 Å². The summed E-state index contributed by atoms with van der Waals surface area (Å²) < 4.78 is 4.86. The summed E-state index contributed by atoms with van der Waals surface area (Å²) in [7, 11) is 0. The molecule has 4 nitrogen and oxygen atoms in total. The molecule has 0 aliphatic heterocycles. The molecule has 2 aromatic heterocycles. The minimum Gasteiger partial charge on any atom is -0.340 e. The monoisotopic (exact) mass is 207 g/mol. The molecule has 0 aromatic carbocycles. The lowest BCUT2D eigenvalue weighted by Gasteiger charge is -1.94. The van der Waals surface area contributed by atoms with Crippen LogP contribution in [0.25, 0.3) is 0 Å². The van der Waals surface area contributed by atoms with Gasteiger partial charge in [-0.05, 0) is 12.1 Å². The van der Waals surface area contributed by atoms with E-state index in [1.54, 1.807) is 24.9 Å². The molecule has 5 heteroatoms. The van der Waals surface area contributed by atoms with Gasteiger partial charge >= 0.3 is 0 Å². The van der Waals surface area contributed by atoms with Gasteiger partial charge in [0.05, 0.1) is 10.8 Å². The van der Waals surface area contributed by atoms with Crippen LogP contribution in [0, 0.1) is 6.92 Å². The minimum atomic E-state index is 0.599. The highest BCUT2D eigenvalue weighted by molar-refractivity contribution is 7.98. The van der Waals surface area contributed by atoms with Crippen LogP contribution in [-0.2, 0) is 5.75 Å². The molecule has 72 valence electrons. The van der Waals surface area contributed by atoms with Gasteiger partial charge in [-0.1, -0.05) is 23.0 Å². The fourth-order valence-electron chi connectivity index (χ4n) is 0.971. The largest absolute Gasteiger partial charge is 0.340 e. The molecule has 2 heterocycles. The molecule has 0 radical (unpaired) electrons. The van der Waals surface area contributed by atoms with Gasteiger partial charge in [0.15, 0.2) is 5.82 Å². The molecule has 14 heavy (non-hydrogen) atoms. The molecule has 0 saturated carbocycles. The molecule has 0 N–H and O–H groups in total. The highest BCUT2D eigenvalue weighted by Gasteiger charge is 2.02. The molecule has 0 unspecified atom stereocenters. The Labute approximate surface area is 85.7 Å². The molecule has 0 spiro atoms. The Morgan fingerprint density at radius 3 is 3.00 bits per heavy atom. The second-order valence-electron chi connectivity index (χ2n) is 2.69. The summed E-state index contributed by atoms with van der Waals surface area (Å²) in [6.45, 7) is 1.78. The lowest BCUT2D eigenvalue weighted by atomic mass is 10.5. The lowest BCUT2D eigenvalue weighted by molar-refractivity contribution is 0.389. The summed E-state index contributed by atoms with van der Waals surface area (Å²) >= 11 is 1.59. The highest BCUT2D eigenvalue weighted by Crippen LogP contribution is 2.18. The number of pyridine rings is 1. The van der Waals surface area contributed by atoms with Gasteiger partial charge in [0.1, 0.15) is 0 Å². The third-order valence-corrected chi connectivity index (χ3v) is 2.50. The smallest absolute Gasteiger partial charge is 0.223 e. The number of aryl methyl sites for hydroxylation is 1. The summed E-state index contributed by atoms with van der Waals surface area (Å²) in [4.78, 5) is 8.28. The average Bonchev–Trinajstić information content (AvgIpc) is 2.63. The predicted molar refractivity (Wildman–Crippen MR) is 52.8 cm³/mol. The van der Waals surface area contributed by atoms with Crippen LogP contribution >= 0.6 is 11.8 Å². The first-order chi connectivity index (χ1) is 6.84. The zero-order valence-electron chi connectivity index (χ0n) is 7.67. The molecule has 0 fully saturated rings. The third kappa shape index (κ3) is 2.32. The molecule has 0 saturated heterocycles. The van der Waals surface area contributed by atoms with Crippen molar-refractivity contribution in [3.8, 4) is 0 Å². The minimum absolute atomic E-state index is 0.599. The summed E-state index contributed by atoms with van der Waals surface area (Å²) in [6.07, 6.45) is 1.77. The first-order valence-corrected chi connectivity index (χ1v) is 5.16. The van der Waals surface area contributed by atoms with Crippen molar-refractivity contribution in [3.05, 3.63) is 36.1 Å². The Hall–Kier alpha value is -1.36. The second-order valence-corrected chi connectivity index (χ2v) is 3.68. The third-order valence-electron chi connectivity index (χ3n) is 1.56. The molecular formula is C9H9N3OS. The normalized spacial score (nSPS) is 10.4. The Morgan fingerprint density at radius 2 is 2.36 bits per heavy atom. The van der Waals surface area contributed by atoms with Crippen molar-refractivity contribution < 1.29 is 4.52 Å². The Balaban J connectivity index is 1.95. The zero-order chi connectivity index (χ0) is 9.80. The number of hydrogen-bond donors (Lipinski definition) is 0. The van der Waals surface area contributed by atoms with Crippen LogP contribution in [0.2, 0.25) is 0 Å². The van der Waals surface area contributed by atoms with E-state index < -0.39 is 0 Å². The Bertz CT molecular complexity index is 401. The fourth-order valence-corrected chi connectivity index (χ4v) is 1.68. The fraction of sp³-hybridized carbons (Fsp3) is 0.222. The first kappa shape index (κ1) is 9.21. The quantitative estimate of drug-likeness (QED) is 0.721. The predicted octanol–water partition coefficient (Wildman–Crippen LogP) is 2.07. The molecule has 0 aliphatic rings. The number of aromatic nitrogens is 3. The van der Waals surface area contributed by atoms with E-state index in [0.29, 0.717) is 17.5 Å². The van der Waals surface area contributed by atoms with Gasteiger partial charge in [0.2, 0.25) is 5.89 Å². The van der Waals surface area contributed by atoms with Crippen LogP contribution in [0.1, 0.15) is 11.7 Å². The van der Waals surface area contributed by atoms with E-state index in [1.165, 1.54) is 0 Å². The van der Waals surface area contributed by atoms with Gasteiger partial charge in [-0.3, -0.25) is 0 Å². The maximum absolute atomic E-state index is 4.86. The van der Waals surface area contributed by atoms with E-state index in [4.69, 9.17) is 4.52 Å². The van der Waals surface area contributed by atoms with E-state index in [9.17, 15) is 0 Å². The van der Waals surface area contributed by atoms with Crippen LogP contribution in [0.4, 0.5) is 0 Å². The van der Waals surface area contributed by atoms with Gasteiger partial charge in [-0.25, -0.2) is 4.98 Å². The van der Waals surface area contributed by atoms with Crippen molar-refractivity contribution in [3.63, 3.8) is 0 Å². The highest BCUT2D eigenvalue weighted by atomic mass is 32.2. The van der Waals surface area contributed by atoms with Crippen LogP contribution in [0.3, 0.4) is 0 Å². The first-order valence-electron chi connectivity index (χ1n) is 4.17. The average molecular weight is 207 g/mol. The maximum Gasteiger partial charge on any atom is 0.223 e. The summed E-state index contributed by atoms with van der Waals surface area (Å²) in [5.74, 6) is 1.99. The van der Waals surface area contributed by atoms with Crippen molar-refractivity contribution in [1.29, 1.82) is 0 Å². The Morgan fingerprint density at radius 1 is 1.43 bits per heavy atom. The van der Waals surface area contributed by atoms with E-state index in [-0.39, 0.29) is 0 Å². The van der Waals surface area contributed by atoms with E-state index in [0.717, 1.165) is 5.03 Å². The molecule has 0 bridgehead atoms. The molecule has 0 aliphatic carbocycles. The van der Waals surface area contributed by atoms with Crippen molar-refractivity contribution >= 4 is 11.8 Å². The van der Waals surface area contributed by atoms with Crippen LogP contribution in [-0.4, -0.2) is 15.1 Å². The topological polar surface area (TPSA) is 51.8 Å². The van der Waals surface area contributed by atoms with Gasteiger partial charge in [0, 0.05) is 13.1 Å². The number of hydrogen-bond acceptors (Lipinski definition) is 5. The van der Waals surface area contributed by atoms with Crippen molar-refractivity contribution in [2.45, 2.75) is 17.7 Å².